The van der Waals surface area contributed by atoms with Crippen LogP contribution in [0.2, 0.25) is 0 Å². The van der Waals surface area contributed by atoms with E-state index in [1.807, 2.05) is 0 Å². The number of carbonyl (C=O) groups excluding carboxylic acids is 1. The maximum absolute atomic E-state index is 12.2. The van der Waals surface area contributed by atoms with Crippen molar-refractivity contribution >= 4 is 23.6 Å². The van der Waals surface area contributed by atoms with Crippen molar-refractivity contribution in [1.29, 1.82) is 0 Å². The predicted octanol–water partition coefficient (Wildman–Crippen LogP) is 0.670. The maximum atomic E-state index is 12.2. The van der Waals surface area contributed by atoms with Crippen LogP contribution in [0.5, 0.6) is 0 Å². The van der Waals surface area contributed by atoms with E-state index in [1.165, 1.54) is 11.8 Å². The summed E-state index contributed by atoms with van der Waals surface area (Å²) in [6, 6.07) is -0.609. The first kappa shape index (κ1) is 12.2. The number of alkyl halides is 2. The van der Waals surface area contributed by atoms with E-state index in [4.69, 9.17) is 5.11 Å². The van der Waals surface area contributed by atoms with Crippen LogP contribution in [0.15, 0.2) is 0 Å². The van der Waals surface area contributed by atoms with Crippen LogP contribution < -0.4 is 0 Å². The Morgan fingerprint density at radius 1 is 1.53 bits per heavy atom. The fraction of sp³-hybridized carbons (Fsp3) is 0.750. The number of hydrogen-bond acceptors (Lipinski definition) is 3. The summed E-state index contributed by atoms with van der Waals surface area (Å²) in [5, 5.41) is 8.57. The van der Waals surface area contributed by atoms with Gasteiger partial charge in [0.15, 0.2) is 0 Å². The molecule has 0 saturated carbocycles. The number of aliphatic carboxylic acids is 1. The van der Waals surface area contributed by atoms with Gasteiger partial charge in [0, 0.05) is 18.1 Å². The zero-order chi connectivity index (χ0) is 11.4. The molecule has 0 aromatic rings. The van der Waals surface area contributed by atoms with Crippen molar-refractivity contribution in [2.75, 3.05) is 18.1 Å². The topological polar surface area (TPSA) is 57.6 Å². The molecule has 0 spiro atoms. The summed E-state index contributed by atoms with van der Waals surface area (Å²) >= 11 is 1.48. The van der Waals surface area contributed by atoms with Gasteiger partial charge in [-0.05, 0) is 0 Å². The molecular formula is C8H11F2NO3S. The van der Waals surface area contributed by atoms with Gasteiger partial charge in [0.2, 0.25) is 0 Å². The summed E-state index contributed by atoms with van der Waals surface area (Å²) < 4.78 is 24.4. The lowest BCUT2D eigenvalue weighted by Gasteiger charge is -2.34. The number of carboxylic acid groups (broad SMARTS) is 1. The number of carboxylic acids is 1. The van der Waals surface area contributed by atoms with Gasteiger partial charge in [-0.15, -0.1) is 0 Å². The lowest BCUT2D eigenvalue weighted by atomic mass is 10.2. The van der Waals surface area contributed by atoms with Gasteiger partial charge in [0.1, 0.15) is 0 Å². The van der Waals surface area contributed by atoms with E-state index in [9.17, 15) is 18.4 Å². The molecule has 1 saturated heterocycles. The molecule has 0 aromatic heterocycles. The molecule has 1 N–H and O–H groups in total. The molecule has 0 radical (unpaired) electrons. The second-order valence-electron chi connectivity index (χ2n) is 3.16. The molecule has 7 heteroatoms. The van der Waals surface area contributed by atoms with Crippen molar-refractivity contribution in [2.45, 2.75) is 18.9 Å². The molecule has 1 unspecified atom stereocenters. The van der Waals surface area contributed by atoms with Crippen LogP contribution >= 0.6 is 11.8 Å². The monoisotopic (exact) mass is 239 g/mol. The highest BCUT2D eigenvalue weighted by atomic mass is 32.2. The number of nitrogens with zero attached hydrogens (tertiary/aromatic N) is 1. The van der Waals surface area contributed by atoms with Gasteiger partial charge < -0.3 is 10.0 Å². The molecule has 1 amide bonds. The first-order chi connectivity index (χ1) is 7.02. The molecule has 0 aromatic carbocycles. The first-order valence-electron chi connectivity index (χ1n) is 4.40. The third-order valence-corrected chi connectivity index (χ3v) is 3.20. The van der Waals surface area contributed by atoms with Crippen molar-refractivity contribution in [1.82, 2.24) is 4.90 Å². The molecule has 86 valence electrons. The van der Waals surface area contributed by atoms with E-state index >= 15 is 0 Å². The van der Waals surface area contributed by atoms with Crippen LogP contribution in [0, 0.1) is 0 Å². The number of thioether (sulfide) groups is 1. The highest BCUT2D eigenvalue weighted by molar-refractivity contribution is 7.99. The quantitative estimate of drug-likeness (QED) is 0.786. The average Bonchev–Trinajstić information content (AvgIpc) is 2.16. The largest absolute Gasteiger partial charge is 0.481 e. The van der Waals surface area contributed by atoms with Gasteiger partial charge in [-0.2, -0.15) is 20.5 Å². The smallest absolute Gasteiger partial charge is 0.315 e. The van der Waals surface area contributed by atoms with E-state index in [-0.39, 0.29) is 13.0 Å². The Hall–Kier alpha value is -0.850. The van der Waals surface area contributed by atoms with Crippen molar-refractivity contribution < 1.29 is 23.5 Å². The Morgan fingerprint density at radius 2 is 2.20 bits per heavy atom. The maximum Gasteiger partial charge on any atom is 0.315 e. The molecule has 1 heterocycles. The van der Waals surface area contributed by atoms with Gasteiger partial charge in [-0.25, -0.2) is 0 Å². The van der Waals surface area contributed by atoms with E-state index in [1.54, 1.807) is 0 Å². The van der Waals surface area contributed by atoms with Crippen molar-refractivity contribution in [3.63, 3.8) is 0 Å². The molecule has 0 bridgehead atoms. The summed E-state index contributed by atoms with van der Waals surface area (Å²) in [4.78, 5) is 22.5. The summed E-state index contributed by atoms with van der Waals surface area (Å²) in [6.45, 7) is 0.200. The SMILES string of the molecule is O=C(O)CC1CSCCN1C(=O)C(F)F. The van der Waals surface area contributed by atoms with E-state index in [0.717, 1.165) is 4.90 Å². The van der Waals surface area contributed by atoms with Gasteiger partial charge in [-0.3, -0.25) is 9.59 Å². The molecule has 4 nitrogen and oxygen atoms in total. The summed E-state index contributed by atoms with van der Waals surface area (Å²) in [5.41, 5.74) is 0. The number of halogens is 2. The Balaban J connectivity index is 2.65. The van der Waals surface area contributed by atoms with Crippen LogP contribution in [0.1, 0.15) is 6.42 Å². The minimum absolute atomic E-state index is 0.200. The third kappa shape index (κ3) is 3.33. The van der Waals surface area contributed by atoms with Crippen LogP contribution in [0.3, 0.4) is 0 Å². The van der Waals surface area contributed by atoms with E-state index in [0.29, 0.717) is 11.5 Å². The second-order valence-corrected chi connectivity index (χ2v) is 4.31. The fourth-order valence-electron chi connectivity index (χ4n) is 1.44. The zero-order valence-electron chi connectivity index (χ0n) is 7.86. The highest BCUT2D eigenvalue weighted by Crippen LogP contribution is 2.20. The van der Waals surface area contributed by atoms with Crippen LogP contribution in [-0.2, 0) is 9.59 Å². The van der Waals surface area contributed by atoms with Crippen LogP contribution in [-0.4, -0.2) is 52.4 Å². The molecule has 1 atom stereocenters. The molecule has 1 rings (SSSR count). The number of amides is 1. The number of hydrogen-bond donors (Lipinski definition) is 1. The molecule has 1 fully saturated rings. The van der Waals surface area contributed by atoms with Crippen molar-refractivity contribution in [3.8, 4) is 0 Å². The summed E-state index contributed by atoms with van der Waals surface area (Å²) in [5.74, 6) is -1.35. The zero-order valence-corrected chi connectivity index (χ0v) is 8.67. The standard InChI is InChI=1S/C8H11F2NO3S/c9-7(10)8(14)11-1-2-15-4-5(11)3-6(12)13/h5,7H,1-4H2,(H,12,13). The minimum Gasteiger partial charge on any atom is -0.481 e. The first-order valence-corrected chi connectivity index (χ1v) is 5.56. The molecule has 1 aliphatic rings. The second kappa shape index (κ2) is 5.29. The lowest BCUT2D eigenvalue weighted by Crippen LogP contribution is -2.49. The minimum atomic E-state index is -3.05. The molecule has 1 aliphatic heterocycles. The molecule has 0 aliphatic carbocycles. The predicted molar refractivity (Wildman–Crippen MR) is 51.1 cm³/mol. The molecule has 15 heavy (non-hydrogen) atoms. The Bertz CT molecular complexity index is 262. The number of rotatable bonds is 3. The van der Waals surface area contributed by atoms with Crippen LogP contribution in [0.4, 0.5) is 8.78 Å². The van der Waals surface area contributed by atoms with Crippen molar-refractivity contribution in [3.05, 3.63) is 0 Å². The van der Waals surface area contributed by atoms with E-state index in [2.05, 4.69) is 0 Å². The number of carbonyl (C=O) groups is 2. The normalized spacial score (nSPS) is 21.8. The van der Waals surface area contributed by atoms with Crippen molar-refractivity contribution in [2.24, 2.45) is 0 Å². The van der Waals surface area contributed by atoms with Gasteiger partial charge in [-0.1, -0.05) is 0 Å². The average molecular weight is 239 g/mol. The Labute approximate surface area is 89.6 Å². The fourth-order valence-corrected chi connectivity index (χ4v) is 2.50. The van der Waals surface area contributed by atoms with Gasteiger partial charge in [0.05, 0.1) is 12.5 Å². The lowest BCUT2D eigenvalue weighted by molar-refractivity contribution is -0.147. The van der Waals surface area contributed by atoms with E-state index < -0.39 is 24.3 Å². The van der Waals surface area contributed by atoms with Gasteiger partial charge in [0.25, 0.3) is 5.91 Å². The highest BCUT2D eigenvalue weighted by Gasteiger charge is 2.32. The summed E-state index contributed by atoms with van der Waals surface area (Å²) in [6.07, 6.45) is -3.32. The van der Waals surface area contributed by atoms with Crippen LogP contribution in [0.25, 0.3) is 0 Å². The third-order valence-electron chi connectivity index (χ3n) is 2.11. The Kier molecular flexibility index (Phi) is 4.31. The Morgan fingerprint density at radius 3 is 2.73 bits per heavy atom. The van der Waals surface area contributed by atoms with Gasteiger partial charge >= 0.3 is 12.4 Å². The summed E-state index contributed by atoms with van der Waals surface area (Å²) in [7, 11) is 0. The molecular weight excluding hydrogens is 228 g/mol.